The van der Waals surface area contributed by atoms with E-state index in [0.717, 1.165) is 43.2 Å². The number of ether oxygens (including phenoxy) is 4. The molecule has 0 aliphatic heterocycles. The number of hydrogen-bond acceptors (Lipinski definition) is 8. The third-order valence-electron chi connectivity index (χ3n) is 5.43. The Morgan fingerprint density at radius 1 is 0.622 bits per heavy atom. The van der Waals surface area contributed by atoms with Crippen molar-refractivity contribution in [2.75, 3.05) is 28.4 Å². The lowest BCUT2D eigenvalue weighted by Crippen LogP contribution is -2.17. The lowest BCUT2D eigenvalue weighted by molar-refractivity contribution is -0.121. The summed E-state index contributed by atoms with van der Waals surface area (Å²) < 4.78 is 20.9. The first-order valence-corrected chi connectivity index (χ1v) is 12.1. The fraction of sp³-hybridized carbons (Fsp3) is 0.407. The molecule has 2 amide bonds. The molecule has 0 aliphatic rings. The van der Waals surface area contributed by atoms with Crippen LogP contribution in [0.2, 0.25) is 0 Å². The van der Waals surface area contributed by atoms with Crippen LogP contribution >= 0.6 is 0 Å². The first kappa shape index (κ1) is 29.2. The van der Waals surface area contributed by atoms with Crippen LogP contribution in [-0.2, 0) is 9.59 Å². The van der Waals surface area contributed by atoms with Crippen LogP contribution in [0.5, 0.6) is 23.0 Å². The van der Waals surface area contributed by atoms with Crippen molar-refractivity contribution in [3.05, 3.63) is 47.5 Å². The van der Waals surface area contributed by atoms with Gasteiger partial charge in [0.05, 0.1) is 40.9 Å². The average molecular weight is 513 g/mol. The predicted octanol–water partition coefficient (Wildman–Crippen LogP) is 4.05. The second-order valence-electron chi connectivity index (χ2n) is 8.08. The molecule has 0 aliphatic carbocycles. The number of unbranched alkanes of at least 4 members (excludes halogenated alkanes) is 4. The normalized spacial score (nSPS) is 10.9. The van der Waals surface area contributed by atoms with Crippen LogP contribution in [0.4, 0.5) is 0 Å². The fourth-order valence-corrected chi connectivity index (χ4v) is 3.44. The van der Waals surface area contributed by atoms with Gasteiger partial charge in [0.15, 0.2) is 23.0 Å². The van der Waals surface area contributed by atoms with Crippen LogP contribution in [0.15, 0.2) is 46.6 Å². The third-order valence-corrected chi connectivity index (χ3v) is 5.43. The zero-order valence-corrected chi connectivity index (χ0v) is 21.9. The van der Waals surface area contributed by atoms with Crippen molar-refractivity contribution < 1.29 is 28.5 Å². The molecule has 2 aromatic rings. The first-order valence-electron chi connectivity index (χ1n) is 12.1. The maximum atomic E-state index is 12.0. The van der Waals surface area contributed by atoms with E-state index in [2.05, 4.69) is 21.1 Å². The van der Waals surface area contributed by atoms with E-state index >= 15 is 0 Å². The van der Waals surface area contributed by atoms with Gasteiger partial charge in [-0.1, -0.05) is 19.3 Å². The topological polar surface area (TPSA) is 120 Å². The van der Waals surface area contributed by atoms with Gasteiger partial charge in [0.1, 0.15) is 0 Å². The number of carbonyl (C=O) groups excluding carboxylic acids is 2. The van der Waals surface area contributed by atoms with Crippen molar-refractivity contribution in [3.8, 4) is 23.0 Å². The Morgan fingerprint density at radius 2 is 1.00 bits per heavy atom. The zero-order chi connectivity index (χ0) is 26.9. The molecule has 2 aromatic carbocycles. The second kappa shape index (κ2) is 16.6. The molecule has 10 nitrogen and oxygen atoms in total. The standard InChI is InChI=1S/C27H36N4O6/c1-34-22-14-12-20(16-24(22)36-3)18-28-30-26(32)10-8-6-5-7-9-11-27(33)31-29-19-21-13-15-23(35-2)25(17-21)37-4/h12-19H,5-11H2,1-4H3,(H,30,32)(H,31,33)/b28-18-,29-19-. The smallest absolute Gasteiger partial charge is 0.240 e. The molecular weight excluding hydrogens is 476 g/mol. The van der Waals surface area contributed by atoms with E-state index in [4.69, 9.17) is 18.9 Å². The molecule has 2 rings (SSSR count). The molecule has 0 aromatic heterocycles. The third kappa shape index (κ3) is 10.6. The Bertz CT molecular complexity index is 987. The first-order chi connectivity index (χ1) is 18.0. The van der Waals surface area contributed by atoms with Crippen molar-refractivity contribution in [2.45, 2.75) is 44.9 Å². The van der Waals surface area contributed by atoms with E-state index in [0.29, 0.717) is 35.8 Å². The summed E-state index contributed by atoms with van der Waals surface area (Å²) in [4.78, 5) is 23.9. The quantitative estimate of drug-likeness (QED) is 0.199. The average Bonchev–Trinajstić information content (AvgIpc) is 2.92. The molecule has 0 heterocycles. The van der Waals surface area contributed by atoms with Crippen LogP contribution in [-0.4, -0.2) is 52.7 Å². The van der Waals surface area contributed by atoms with E-state index in [9.17, 15) is 9.59 Å². The van der Waals surface area contributed by atoms with E-state index in [1.165, 1.54) is 0 Å². The monoisotopic (exact) mass is 512 g/mol. The van der Waals surface area contributed by atoms with Gasteiger partial charge in [-0.25, -0.2) is 10.9 Å². The number of benzene rings is 2. The SMILES string of the molecule is COc1ccc(/C=N\NC(=O)CCCCCCCC(=O)N/N=C\c2ccc(OC)c(OC)c2)cc1OC. The molecule has 10 heteroatoms. The Morgan fingerprint density at radius 3 is 1.38 bits per heavy atom. The number of hydrogen-bond donors (Lipinski definition) is 2. The van der Waals surface area contributed by atoms with Crippen LogP contribution in [0.3, 0.4) is 0 Å². The van der Waals surface area contributed by atoms with Crippen LogP contribution in [0.1, 0.15) is 56.1 Å². The lowest BCUT2D eigenvalue weighted by atomic mass is 10.1. The summed E-state index contributed by atoms with van der Waals surface area (Å²) in [6, 6.07) is 10.8. The Kier molecular flexibility index (Phi) is 13.1. The molecule has 0 saturated heterocycles. The van der Waals surface area contributed by atoms with Crippen LogP contribution < -0.4 is 29.8 Å². The lowest BCUT2D eigenvalue weighted by Gasteiger charge is -2.07. The molecule has 37 heavy (non-hydrogen) atoms. The number of carbonyl (C=O) groups is 2. The number of nitrogens with zero attached hydrogens (tertiary/aromatic N) is 2. The maximum absolute atomic E-state index is 12.0. The highest BCUT2D eigenvalue weighted by molar-refractivity contribution is 5.84. The van der Waals surface area contributed by atoms with Gasteiger partial charge < -0.3 is 18.9 Å². The van der Waals surface area contributed by atoms with E-state index in [1.54, 1.807) is 65.1 Å². The largest absolute Gasteiger partial charge is 0.493 e. The molecule has 0 saturated carbocycles. The molecular formula is C27H36N4O6. The van der Waals surface area contributed by atoms with Gasteiger partial charge >= 0.3 is 0 Å². The van der Waals surface area contributed by atoms with Gasteiger partial charge in [-0.15, -0.1) is 0 Å². The molecule has 200 valence electrons. The Labute approximate surface area is 218 Å². The highest BCUT2D eigenvalue weighted by Gasteiger charge is 2.05. The van der Waals surface area contributed by atoms with Crippen molar-refractivity contribution >= 4 is 24.2 Å². The van der Waals surface area contributed by atoms with Crippen molar-refractivity contribution in [2.24, 2.45) is 10.2 Å². The number of hydrazone groups is 2. The van der Waals surface area contributed by atoms with Gasteiger partial charge in [-0.3, -0.25) is 9.59 Å². The summed E-state index contributed by atoms with van der Waals surface area (Å²) in [5.41, 5.74) is 6.64. The van der Waals surface area contributed by atoms with E-state index < -0.39 is 0 Å². The molecule has 0 atom stereocenters. The van der Waals surface area contributed by atoms with Gasteiger partial charge in [-0.05, 0) is 60.4 Å². The second-order valence-corrected chi connectivity index (χ2v) is 8.08. The van der Waals surface area contributed by atoms with Crippen LogP contribution in [0, 0.1) is 0 Å². The minimum Gasteiger partial charge on any atom is -0.493 e. The summed E-state index contributed by atoms with van der Waals surface area (Å²) in [5, 5.41) is 7.98. The minimum atomic E-state index is -0.136. The summed E-state index contributed by atoms with van der Waals surface area (Å²) in [6.45, 7) is 0. The maximum Gasteiger partial charge on any atom is 0.240 e. The minimum absolute atomic E-state index is 0.136. The van der Waals surface area contributed by atoms with Crippen molar-refractivity contribution in [1.82, 2.24) is 10.9 Å². The highest BCUT2D eigenvalue weighted by Crippen LogP contribution is 2.27. The molecule has 2 N–H and O–H groups in total. The fourth-order valence-electron chi connectivity index (χ4n) is 3.44. The van der Waals surface area contributed by atoms with E-state index in [1.807, 2.05) is 12.1 Å². The van der Waals surface area contributed by atoms with Gasteiger partial charge in [-0.2, -0.15) is 10.2 Å². The van der Waals surface area contributed by atoms with Crippen molar-refractivity contribution in [1.29, 1.82) is 0 Å². The summed E-state index contributed by atoms with van der Waals surface area (Å²) in [6.07, 6.45) is 8.20. The van der Waals surface area contributed by atoms with Gasteiger partial charge in [0, 0.05) is 12.8 Å². The molecule has 0 radical (unpaired) electrons. The number of amides is 2. The van der Waals surface area contributed by atoms with E-state index in [-0.39, 0.29) is 11.8 Å². The number of nitrogens with one attached hydrogen (secondary N) is 2. The number of methoxy groups -OCH3 is 4. The Balaban J connectivity index is 1.55. The summed E-state index contributed by atoms with van der Waals surface area (Å²) in [7, 11) is 6.27. The Hall–Kier alpha value is -4.08. The highest BCUT2D eigenvalue weighted by atomic mass is 16.5. The molecule has 0 unspecified atom stereocenters. The summed E-state index contributed by atoms with van der Waals surface area (Å²) >= 11 is 0. The molecule has 0 bridgehead atoms. The van der Waals surface area contributed by atoms with Gasteiger partial charge in [0.2, 0.25) is 11.8 Å². The van der Waals surface area contributed by atoms with Gasteiger partial charge in [0.25, 0.3) is 0 Å². The summed E-state index contributed by atoms with van der Waals surface area (Å²) in [5.74, 6) is 2.18. The molecule has 0 fully saturated rings. The van der Waals surface area contributed by atoms with Crippen LogP contribution in [0.25, 0.3) is 0 Å². The predicted molar refractivity (Wildman–Crippen MR) is 143 cm³/mol. The molecule has 0 spiro atoms. The number of rotatable bonds is 16. The van der Waals surface area contributed by atoms with Crippen molar-refractivity contribution in [3.63, 3.8) is 0 Å². The zero-order valence-electron chi connectivity index (χ0n) is 21.9.